The van der Waals surface area contributed by atoms with Gasteiger partial charge in [0.05, 0.1) is 24.3 Å². The summed E-state index contributed by atoms with van der Waals surface area (Å²) in [6, 6.07) is 7.87. The Morgan fingerprint density at radius 3 is 2.60 bits per heavy atom. The van der Waals surface area contributed by atoms with Gasteiger partial charge >= 0.3 is 0 Å². The number of aromatic nitrogens is 3. The van der Waals surface area contributed by atoms with Crippen molar-refractivity contribution in [2.24, 2.45) is 44.0 Å². The van der Waals surface area contributed by atoms with Gasteiger partial charge in [-0.05, 0) is 118 Å². The third kappa shape index (κ3) is 9.62. The van der Waals surface area contributed by atoms with E-state index >= 15 is 8.78 Å². The van der Waals surface area contributed by atoms with Gasteiger partial charge in [0.2, 0.25) is 5.56 Å². The molecule has 0 saturated carbocycles. The molecule has 3 aromatic heterocycles. The van der Waals surface area contributed by atoms with Crippen molar-refractivity contribution in [3.8, 4) is 5.75 Å². The largest absolute Gasteiger partial charge is 0.493 e. The highest BCUT2D eigenvalue weighted by Crippen LogP contribution is 2.38. The number of allylic oxidation sites excluding steroid dienone is 8. The Morgan fingerprint density at radius 2 is 1.83 bits per heavy atom. The number of rotatable bonds is 16. The maximum Gasteiger partial charge on any atom is 0.268 e. The number of ether oxygens (including phenoxy) is 1. The number of primary amides is 2. The first-order valence-corrected chi connectivity index (χ1v) is 23.7. The Bertz CT molecular complexity index is 3270. The minimum absolute atomic E-state index is 0.0373. The number of benzene rings is 2. The van der Waals surface area contributed by atoms with Gasteiger partial charge in [0.25, 0.3) is 11.8 Å². The smallest absolute Gasteiger partial charge is 0.268 e. The molecule has 16 heteroatoms. The van der Waals surface area contributed by atoms with Gasteiger partial charge < -0.3 is 35.9 Å². The van der Waals surface area contributed by atoms with Crippen molar-refractivity contribution in [1.82, 2.24) is 14.5 Å². The summed E-state index contributed by atoms with van der Waals surface area (Å²) in [6.07, 6.45) is 20.2. The zero-order valence-corrected chi connectivity index (χ0v) is 39.4. The number of furan rings is 1. The molecule has 7 heterocycles. The number of halogens is 2. The van der Waals surface area contributed by atoms with Crippen LogP contribution in [0.3, 0.4) is 0 Å². The lowest BCUT2D eigenvalue weighted by Crippen LogP contribution is -2.25. The van der Waals surface area contributed by atoms with Crippen LogP contribution in [-0.4, -0.2) is 57.1 Å². The molecule has 5 aromatic rings. The van der Waals surface area contributed by atoms with E-state index in [4.69, 9.17) is 36.3 Å². The zero-order chi connectivity index (χ0) is 49.2. The van der Waals surface area contributed by atoms with E-state index in [1.807, 2.05) is 11.5 Å². The second-order valence-electron chi connectivity index (χ2n) is 18.2. The fraction of sp³-hybridized carbons (Fsp3) is 0.315. The van der Waals surface area contributed by atoms with E-state index in [2.05, 4.69) is 34.0 Å². The summed E-state index contributed by atoms with van der Waals surface area (Å²) in [5, 5.41) is 0.745. The molecule has 360 valence electrons. The molecule has 0 radical (unpaired) electrons. The molecular weight excluding hydrogens is 893 g/mol. The third-order valence-corrected chi connectivity index (χ3v) is 13.6. The number of aryl methyl sites for hydroxylation is 2. The Hall–Kier alpha value is -7.75. The number of carbonyl (C=O) groups is 2. The lowest BCUT2D eigenvalue weighted by Gasteiger charge is -2.23. The highest BCUT2D eigenvalue weighted by Gasteiger charge is 2.31. The van der Waals surface area contributed by atoms with Crippen LogP contribution in [0.5, 0.6) is 5.75 Å². The molecule has 0 aliphatic carbocycles. The van der Waals surface area contributed by atoms with Crippen molar-refractivity contribution in [3.05, 3.63) is 158 Å². The number of H-pyrrole nitrogens is 1. The van der Waals surface area contributed by atoms with E-state index in [9.17, 15) is 14.4 Å². The molecule has 2 atom stereocenters. The zero-order valence-electron chi connectivity index (χ0n) is 39.4. The molecular formula is C54H55F2N9O5. The van der Waals surface area contributed by atoms with Gasteiger partial charge in [0.15, 0.2) is 0 Å². The number of nitrogens with two attached hydrogens (primary N) is 3. The fourth-order valence-corrected chi connectivity index (χ4v) is 10.1. The Morgan fingerprint density at radius 1 is 1.01 bits per heavy atom. The topological polar surface area (TPSA) is 222 Å². The fourth-order valence-electron chi connectivity index (χ4n) is 10.1. The van der Waals surface area contributed by atoms with Crippen molar-refractivity contribution in [1.29, 1.82) is 0 Å². The number of amides is 2. The van der Waals surface area contributed by atoms with Crippen LogP contribution in [-0.2, 0) is 30.5 Å². The van der Waals surface area contributed by atoms with Crippen LogP contribution in [0.1, 0.15) is 102 Å². The lowest BCUT2D eigenvalue weighted by atomic mass is 9.84. The number of aromatic amines is 1. The van der Waals surface area contributed by atoms with E-state index in [1.54, 1.807) is 56.2 Å². The summed E-state index contributed by atoms with van der Waals surface area (Å²) < 4.78 is 44.9. The number of carbonyl (C=O) groups excluding carboxylic acids is 2. The monoisotopic (exact) mass is 947 g/mol. The third-order valence-electron chi connectivity index (χ3n) is 13.6. The predicted octanol–water partition coefficient (Wildman–Crippen LogP) is 8.42. The second-order valence-corrected chi connectivity index (χ2v) is 18.2. The molecule has 4 aliphatic heterocycles. The van der Waals surface area contributed by atoms with E-state index in [-0.39, 0.29) is 46.8 Å². The summed E-state index contributed by atoms with van der Waals surface area (Å²) in [6.45, 7) is 4.34. The van der Waals surface area contributed by atoms with Gasteiger partial charge in [-0.15, -0.1) is 0 Å². The van der Waals surface area contributed by atoms with Crippen molar-refractivity contribution >= 4 is 56.8 Å². The number of pyridine rings is 1. The molecule has 70 heavy (non-hydrogen) atoms. The van der Waals surface area contributed by atoms with Crippen molar-refractivity contribution in [3.63, 3.8) is 0 Å². The molecule has 2 aromatic carbocycles. The molecule has 2 unspecified atom stereocenters. The molecule has 9 rings (SSSR count). The Balaban J connectivity index is 0.920. The lowest BCUT2D eigenvalue weighted by molar-refractivity contribution is -0.114. The van der Waals surface area contributed by atoms with Gasteiger partial charge in [-0.25, -0.2) is 18.8 Å². The number of hydrogen-bond donors (Lipinski definition) is 4. The highest BCUT2D eigenvalue weighted by molar-refractivity contribution is 6.29. The van der Waals surface area contributed by atoms with Crippen LogP contribution in [0, 0.1) is 30.4 Å². The van der Waals surface area contributed by atoms with Gasteiger partial charge in [0.1, 0.15) is 40.2 Å². The van der Waals surface area contributed by atoms with Gasteiger partial charge in [-0.2, -0.15) is 0 Å². The molecule has 7 N–H and O–H groups in total. The second kappa shape index (κ2) is 20.1. The molecule has 0 spiro atoms. The first kappa shape index (κ1) is 47.3. The van der Waals surface area contributed by atoms with Gasteiger partial charge in [-0.3, -0.25) is 24.4 Å². The first-order chi connectivity index (χ1) is 33.8. The van der Waals surface area contributed by atoms with Crippen LogP contribution in [0.15, 0.2) is 115 Å². The SMILES string of the molecule is CCC1C=C(C(C=C(N)Cc2cc(F)c(CCCC3=NC=C(c4c[nH]c(=O)cc4C)C4=NC(C(N)=O)=CCC4C3)c3c2OCC3)=NC)c2nc(C(N)=O)cn2C(CCCc2c(F)ccc3occc23)=C1. The summed E-state index contributed by atoms with van der Waals surface area (Å²) >= 11 is 0. The highest BCUT2D eigenvalue weighted by atomic mass is 19.1. The van der Waals surface area contributed by atoms with Crippen molar-refractivity contribution in [2.75, 3.05) is 13.7 Å². The predicted molar refractivity (Wildman–Crippen MR) is 268 cm³/mol. The Kier molecular flexibility index (Phi) is 13.6. The molecule has 0 fully saturated rings. The average molecular weight is 948 g/mol. The standard InChI is InChI=1S/C54H55F2N9O5/c1-4-30-20-35(8-6-10-36-38-15-17-69-48(38)14-12-43(36)55)65-28-47(53(59)68)64-54(65)40(21-30)46(60-3)25-33(57)22-32-24-44(56)37(39-16-18-70-51(32)39)9-5-7-34-23-31-11-13-45(52(58)67)63-50(31)42(27-61-34)41-26-62-49(66)19-29(41)2/h12-15,17,19-21,24-28,30-31H,4-11,16,18,22-23,57H2,1-3H3,(H2,58,67)(H2,59,68)(H,62,66). The van der Waals surface area contributed by atoms with Crippen LogP contribution in [0.25, 0.3) is 27.8 Å². The maximum absolute atomic E-state index is 16.3. The summed E-state index contributed by atoms with van der Waals surface area (Å²) in [5.41, 5.74) is 27.9. The van der Waals surface area contributed by atoms with E-state index < -0.39 is 11.8 Å². The number of hydrogen-bond acceptors (Lipinski definition) is 10. The molecule has 4 aliphatic rings. The number of fused-ring (bicyclic) bond motifs is 4. The van der Waals surface area contributed by atoms with Crippen LogP contribution in [0.4, 0.5) is 8.78 Å². The summed E-state index contributed by atoms with van der Waals surface area (Å²) in [4.78, 5) is 58.4. The maximum atomic E-state index is 16.3. The quantitative estimate of drug-likeness (QED) is 0.0706. The average Bonchev–Trinajstić information content (AvgIpc) is 4.09. The molecule has 0 saturated heterocycles. The number of nitrogens with one attached hydrogen (secondary N) is 1. The first-order valence-electron chi connectivity index (χ1n) is 23.7. The molecule has 14 nitrogen and oxygen atoms in total. The van der Waals surface area contributed by atoms with Crippen LogP contribution >= 0.6 is 0 Å². The number of imidazole rings is 1. The van der Waals surface area contributed by atoms with Crippen LogP contribution < -0.4 is 27.5 Å². The summed E-state index contributed by atoms with van der Waals surface area (Å²) in [5.74, 6) is -0.908. The number of aliphatic imine (C=N–C) groups is 3. The number of nitrogens with zero attached hydrogens (tertiary/aromatic N) is 5. The van der Waals surface area contributed by atoms with Crippen LogP contribution in [0.2, 0.25) is 0 Å². The minimum atomic E-state index is -0.681. The van der Waals surface area contributed by atoms with Gasteiger partial charge in [0, 0.05) is 101 Å². The minimum Gasteiger partial charge on any atom is -0.493 e. The van der Waals surface area contributed by atoms with Crippen molar-refractivity contribution < 1.29 is 27.5 Å². The Labute approximate surface area is 403 Å². The van der Waals surface area contributed by atoms with Crippen molar-refractivity contribution in [2.45, 2.75) is 84.5 Å². The molecule has 0 bridgehead atoms. The normalized spacial score (nSPS) is 18.0. The van der Waals surface area contributed by atoms with E-state index in [1.165, 1.54) is 18.2 Å². The van der Waals surface area contributed by atoms with E-state index in [0.717, 1.165) is 45.5 Å². The summed E-state index contributed by atoms with van der Waals surface area (Å²) in [7, 11) is 1.66. The van der Waals surface area contributed by atoms with Gasteiger partial charge in [-0.1, -0.05) is 25.2 Å². The van der Waals surface area contributed by atoms with E-state index in [0.29, 0.717) is 121 Å². The molecule has 2 amide bonds.